The third-order valence-corrected chi connectivity index (χ3v) is 8.07. The number of carbonyl (C=O) groups is 1. The average Bonchev–Trinajstić information content (AvgIpc) is 3.46. The van der Waals surface area contributed by atoms with Crippen LogP contribution >= 0.6 is 0 Å². The molecule has 0 radical (unpaired) electrons. The number of aryl methyl sites for hydroxylation is 1. The van der Waals surface area contributed by atoms with E-state index in [9.17, 15) is 9.18 Å². The topological polar surface area (TPSA) is 83.7 Å². The molecule has 36 heavy (non-hydrogen) atoms. The van der Waals surface area contributed by atoms with Crippen LogP contribution < -0.4 is 5.32 Å². The Morgan fingerprint density at radius 1 is 1.25 bits per heavy atom. The summed E-state index contributed by atoms with van der Waals surface area (Å²) in [5.74, 6) is 1.17. The molecule has 5 heterocycles. The lowest BCUT2D eigenvalue weighted by molar-refractivity contribution is -0.144. The Bertz CT molecular complexity index is 1320. The van der Waals surface area contributed by atoms with E-state index >= 15 is 0 Å². The third kappa shape index (κ3) is 3.67. The molecule has 3 aliphatic heterocycles. The summed E-state index contributed by atoms with van der Waals surface area (Å²) in [6, 6.07) is 5.44. The Morgan fingerprint density at radius 3 is 2.81 bits per heavy atom. The standard InChI is InChI=1S/C27H32FN5O3/c1-16(19-5-4-6-20-22(28)14-36-23(19)20)29-25-21-13-33(18-7-11-35-12-8-18)26(34)27(9-10-32(3)15-27)24(21)30-17(2)31-25/h4-6,14,16,18H,7-13,15H2,1-3H3,(H,29,30,31)/t16-,27?/m1/s1. The number of nitrogens with one attached hydrogen (secondary N) is 1. The van der Waals surface area contributed by atoms with Crippen LogP contribution in [0.25, 0.3) is 11.0 Å². The number of hydrogen-bond donors (Lipinski definition) is 1. The predicted octanol–water partition coefficient (Wildman–Crippen LogP) is 3.94. The Hall–Kier alpha value is -3.04. The molecule has 190 valence electrons. The summed E-state index contributed by atoms with van der Waals surface area (Å²) in [5, 5.41) is 4.04. The maximum Gasteiger partial charge on any atom is 0.236 e. The van der Waals surface area contributed by atoms with Crippen molar-refractivity contribution in [3.05, 3.63) is 52.9 Å². The fraction of sp³-hybridized carbons (Fsp3) is 0.519. The first-order valence-electron chi connectivity index (χ1n) is 12.7. The van der Waals surface area contributed by atoms with E-state index in [4.69, 9.17) is 19.1 Å². The highest BCUT2D eigenvalue weighted by molar-refractivity contribution is 5.91. The Morgan fingerprint density at radius 2 is 2.06 bits per heavy atom. The summed E-state index contributed by atoms with van der Waals surface area (Å²) in [4.78, 5) is 28.1. The minimum atomic E-state index is -0.668. The second kappa shape index (κ2) is 8.81. The fourth-order valence-electron chi connectivity index (χ4n) is 6.21. The molecule has 1 amide bonds. The Balaban J connectivity index is 1.43. The van der Waals surface area contributed by atoms with Crippen LogP contribution in [-0.4, -0.2) is 65.1 Å². The van der Waals surface area contributed by atoms with E-state index in [-0.39, 0.29) is 23.8 Å². The number of aromatic nitrogens is 2. The van der Waals surface area contributed by atoms with E-state index in [1.165, 1.54) is 0 Å². The maximum absolute atomic E-state index is 14.2. The Labute approximate surface area is 209 Å². The quantitative estimate of drug-likeness (QED) is 0.589. The number of anilines is 1. The molecule has 1 aromatic carbocycles. The maximum atomic E-state index is 14.2. The van der Waals surface area contributed by atoms with Crippen LogP contribution in [0.4, 0.5) is 10.2 Å². The first-order valence-corrected chi connectivity index (χ1v) is 12.7. The lowest BCUT2D eigenvalue weighted by Gasteiger charge is -2.45. The van der Waals surface area contributed by atoms with Gasteiger partial charge in [-0.15, -0.1) is 0 Å². The van der Waals surface area contributed by atoms with Crippen molar-refractivity contribution < 1.29 is 18.3 Å². The van der Waals surface area contributed by atoms with Gasteiger partial charge in [-0.05, 0) is 52.8 Å². The molecule has 3 aromatic rings. The van der Waals surface area contributed by atoms with Gasteiger partial charge in [-0.1, -0.05) is 12.1 Å². The van der Waals surface area contributed by atoms with Crippen molar-refractivity contribution >= 4 is 22.7 Å². The molecule has 2 aromatic heterocycles. The molecule has 1 spiro atoms. The van der Waals surface area contributed by atoms with E-state index in [0.717, 1.165) is 54.7 Å². The summed E-state index contributed by atoms with van der Waals surface area (Å²) < 4.78 is 25.3. The van der Waals surface area contributed by atoms with Gasteiger partial charge in [0.05, 0.1) is 23.7 Å². The number of likely N-dealkylation sites (tertiary alicyclic amines) is 1. The molecule has 1 unspecified atom stereocenters. The molecule has 2 saturated heterocycles. The van der Waals surface area contributed by atoms with Crippen molar-refractivity contribution in [1.82, 2.24) is 19.8 Å². The minimum absolute atomic E-state index is 0.147. The largest absolute Gasteiger partial charge is 0.461 e. The average molecular weight is 494 g/mol. The van der Waals surface area contributed by atoms with Crippen LogP contribution in [0, 0.1) is 12.7 Å². The van der Waals surface area contributed by atoms with Gasteiger partial charge in [-0.3, -0.25) is 4.79 Å². The fourth-order valence-corrected chi connectivity index (χ4v) is 6.21. The van der Waals surface area contributed by atoms with Crippen molar-refractivity contribution in [2.45, 2.75) is 57.2 Å². The normalized spacial score (nSPS) is 24.0. The SMILES string of the molecule is Cc1nc(N[C@H](C)c2cccc3c(F)coc23)c2c(n1)C1(CCN(C)C1)C(=O)N(C1CCOCC1)C2. The van der Waals surface area contributed by atoms with Gasteiger partial charge in [0, 0.05) is 36.9 Å². The lowest BCUT2D eigenvalue weighted by atomic mass is 9.76. The van der Waals surface area contributed by atoms with Gasteiger partial charge in [0.25, 0.3) is 0 Å². The van der Waals surface area contributed by atoms with Crippen molar-refractivity contribution in [3.63, 3.8) is 0 Å². The lowest BCUT2D eigenvalue weighted by Crippen LogP contribution is -2.57. The van der Waals surface area contributed by atoms with Gasteiger partial charge in [0.1, 0.15) is 28.9 Å². The molecule has 2 atom stereocenters. The Kier molecular flexibility index (Phi) is 5.72. The van der Waals surface area contributed by atoms with E-state index in [2.05, 4.69) is 22.2 Å². The van der Waals surface area contributed by atoms with Crippen LogP contribution in [0.15, 0.2) is 28.9 Å². The van der Waals surface area contributed by atoms with Crippen LogP contribution in [0.1, 0.15) is 54.9 Å². The van der Waals surface area contributed by atoms with Gasteiger partial charge in [-0.25, -0.2) is 14.4 Å². The number of fused-ring (bicyclic) bond motifs is 3. The summed E-state index contributed by atoms with van der Waals surface area (Å²) in [5.41, 5.74) is 2.54. The number of halogens is 1. The van der Waals surface area contributed by atoms with Gasteiger partial charge < -0.3 is 24.3 Å². The summed E-state index contributed by atoms with van der Waals surface area (Å²) >= 11 is 0. The van der Waals surface area contributed by atoms with E-state index in [1.807, 2.05) is 26.0 Å². The van der Waals surface area contributed by atoms with Gasteiger partial charge in [0.15, 0.2) is 5.82 Å². The van der Waals surface area contributed by atoms with Crippen LogP contribution in [0.2, 0.25) is 0 Å². The van der Waals surface area contributed by atoms with Crippen LogP contribution in [0.3, 0.4) is 0 Å². The first kappa shape index (κ1) is 23.4. The third-order valence-electron chi connectivity index (χ3n) is 8.07. The number of furan rings is 1. The molecule has 9 heteroatoms. The van der Waals surface area contributed by atoms with Gasteiger partial charge in [-0.2, -0.15) is 0 Å². The van der Waals surface area contributed by atoms with Crippen molar-refractivity contribution in [3.8, 4) is 0 Å². The highest BCUT2D eigenvalue weighted by Crippen LogP contribution is 2.44. The first-order chi connectivity index (χ1) is 17.4. The highest BCUT2D eigenvalue weighted by Gasteiger charge is 2.54. The summed E-state index contributed by atoms with van der Waals surface area (Å²) in [7, 11) is 2.06. The second-order valence-corrected chi connectivity index (χ2v) is 10.5. The number of para-hydroxylation sites is 1. The molecule has 8 nitrogen and oxygen atoms in total. The van der Waals surface area contributed by atoms with Crippen molar-refractivity contribution in [2.24, 2.45) is 0 Å². The number of benzene rings is 1. The number of hydrogen-bond acceptors (Lipinski definition) is 7. The van der Waals surface area contributed by atoms with Gasteiger partial charge >= 0.3 is 0 Å². The molecule has 3 aliphatic rings. The minimum Gasteiger partial charge on any atom is -0.461 e. The van der Waals surface area contributed by atoms with Crippen LogP contribution in [-0.2, 0) is 21.5 Å². The number of likely N-dealkylation sites (N-methyl/N-ethyl adjacent to an activating group) is 1. The summed E-state index contributed by atoms with van der Waals surface area (Å²) in [6.45, 7) is 7.20. The van der Waals surface area contributed by atoms with E-state index in [0.29, 0.717) is 43.1 Å². The zero-order chi connectivity index (χ0) is 25.0. The predicted molar refractivity (Wildman–Crippen MR) is 133 cm³/mol. The highest BCUT2D eigenvalue weighted by atomic mass is 19.1. The number of nitrogens with zero attached hydrogens (tertiary/aromatic N) is 4. The monoisotopic (exact) mass is 493 g/mol. The zero-order valence-corrected chi connectivity index (χ0v) is 21.0. The summed E-state index contributed by atoms with van der Waals surface area (Å²) in [6.07, 6.45) is 3.57. The van der Waals surface area contributed by atoms with E-state index < -0.39 is 5.41 Å². The molecule has 0 aliphatic carbocycles. The molecular weight excluding hydrogens is 461 g/mol. The second-order valence-electron chi connectivity index (χ2n) is 10.5. The number of rotatable bonds is 4. The number of ether oxygens (including phenoxy) is 1. The number of carbonyl (C=O) groups excluding carboxylic acids is 1. The molecular formula is C27H32FN5O3. The molecule has 0 saturated carbocycles. The molecule has 0 bridgehead atoms. The van der Waals surface area contributed by atoms with Gasteiger partial charge in [0.2, 0.25) is 5.91 Å². The van der Waals surface area contributed by atoms with Crippen molar-refractivity contribution in [1.29, 1.82) is 0 Å². The molecule has 2 fully saturated rings. The van der Waals surface area contributed by atoms with E-state index in [1.54, 1.807) is 6.07 Å². The smallest absolute Gasteiger partial charge is 0.236 e. The van der Waals surface area contributed by atoms with Crippen LogP contribution in [0.5, 0.6) is 0 Å². The molecule has 6 rings (SSSR count). The zero-order valence-electron chi connectivity index (χ0n) is 21.0. The molecule has 1 N–H and O–H groups in total. The van der Waals surface area contributed by atoms with Crippen molar-refractivity contribution in [2.75, 3.05) is 38.7 Å². The number of amides is 1.